The van der Waals surface area contributed by atoms with Crippen molar-refractivity contribution in [1.82, 2.24) is 19.5 Å². The van der Waals surface area contributed by atoms with Gasteiger partial charge in [-0.3, -0.25) is 14.2 Å². The summed E-state index contributed by atoms with van der Waals surface area (Å²) in [6, 6.07) is 15.3. The minimum Gasteiger partial charge on any atom is -0.296 e. The molecule has 0 amide bonds. The molecule has 0 saturated carbocycles. The van der Waals surface area contributed by atoms with Crippen molar-refractivity contribution in [3.63, 3.8) is 0 Å². The van der Waals surface area contributed by atoms with Crippen LogP contribution in [0.15, 0.2) is 83.4 Å². The molecule has 0 aliphatic carbocycles. The third-order valence-electron chi connectivity index (χ3n) is 6.20. The molecular formula is C30H31ClN4O2S. The number of nitrogens with zero attached hydrogens (tertiary/aromatic N) is 4. The molecular weight excluding hydrogens is 516 g/mol. The number of aromatic nitrogens is 4. The first-order valence-electron chi connectivity index (χ1n) is 12.8. The van der Waals surface area contributed by atoms with E-state index in [-0.39, 0.29) is 11.3 Å². The van der Waals surface area contributed by atoms with Crippen LogP contribution in [0.25, 0.3) is 5.69 Å². The van der Waals surface area contributed by atoms with Crippen LogP contribution in [0.5, 0.6) is 0 Å². The minimum atomic E-state index is -0.217. The van der Waals surface area contributed by atoms with Crippen molar-refractivity contribution in [2.45, 2.75) is 57.0 Å². The molecule has 2 heterocycles. The maximum absolute atomic E-state index is 12.9. The highest BCUT2D eigenvalue weighted by molar-refractivity contribution is 7.99. The van der Waals surface area contributed by atoms with Gasteiger partial charge >= 0.3 is 0 Å². The molecule has 4 rings (SSSR count). The number of hydrogen-bond donors (Lipinski definition) is 0. The van der Waals surface area contributed by atoms with Gasteiger partial charge in [-0.25, -0.2) is 9.97 Å². The van der Waals surface area contributed by atoms with E-state index in [1.165, 1.54) is 6.33 Å². The molecule has 0 N–H and O–H groups in total. The maximum atomic E-state index is 12.9. The van der Waals surface area contributed by atoms with Crippen LogP contribution < -0.4 is 5.56 Å². The number of unbranched alkanes of at least 4 members (excludes halogenated alkanes) is 4. The number of halogens is 1. The van der Waals surface area contributed by atoms with Gasteiger partial charge < -0.3 is 0 Å². The van der Waals surface area contributed by atoms with Gasteiger partial charge in [-0.15, -0.1) is 0 Å². The molecule has 0 spiro atoms. The first-order valence-corrected chi connectivity index (χ1v) is 14.2. The lowest BCUT2D eigenvalue weighted by atomic mass is 10.0. The Labute approximate surface area is 232 Å². The smallest absolute Gasteiger partial charge is 0.277 e. The zero-order valence-electron chi connectivity index (χ0n) is 21.5. The van der Waals surface area contributed by atoms with Crippen molar-refractivity contribution >= 4 is 29.1 Å². The van der Waals surface area contributed by atoms with Crippen molar-refractivity contribution < 1.29 is 4.79 Å². The molecule has 38 heavy (non-hydrogen) atoms. The highest BCUT2D eigenvalue weighted by atomic mass is 35.5. The summed E-state index contributed by atoms with van der Waals surface area (Å²) in [5.41, 5.74) is 4.11. The van der Waals surface area contributed by atoms with E-state index in [0.29, 0.717) is 28.6 Å². The van der Waals surface area contributed by atoms with E-state index in [2.05, 4.69) is 34.0 Å². The molecule has 0 unspecified atom stereocenters. The second-order valence-corrected chi connectivity index (χ2v) is 10.8. The fraction of sp³-hybridized carbons (Fsp3) is 0.300. The lowest BCUT2D eigenvalue weighted by molar-refractivity contribution is 0.0979. The van der Waals surface area contributed by atoms with Crippen LogP contribution >= 0.6 is 23.4 Å². The van der Waals surface area contributed by atoms with Gasteiger partial charge in [0.1, 0.15) is 6.33 Å². The number of thioether (sulfide) groups is 1. The Balaban J connectivity index is 1.30. The molecule has 2 aromatic heterocycles. The summed E-state index contributed by atoms with van der Waals surface area (Å²) in [5, 5.41) is 1.34. The van der Waals surface area contributed by atoms with Crippen molar-refractivity contribution in [3.05, 3.63) is 111 Å². The molecule has 0 atom stereocenters. The number of carbonyl (C=O) groups is 1. The number of aryl methyl sites for hydroxylation is 1. The van der Waals surface area contributed by atoms with Gasteiger partial charge in [0.25, 0.3) is 5.56 Å². The van der Waals surface area contributed by atoms with Crippen LogP contribution in [0, 0.1) is 6.92 Å². The van der Waals surface area contributed by atoms with Crippen LogP contribution in [0.4, 0.5) is 0 Å². The largest absolute Gasteiger partial charge is 0.296 e. The Morgan fingerprint density at radius 1 is 0.974 bits per heavy atom. The molecule has 8 heteroatoms. The molecule has 0 aliphatic heterocycles. The third-order valence-corrected chi connectivity index (χ3v) is 7.49. The molecule has 6 nitrogen and oxygen atoms in total. The Bertz CT molecular complexity index is 1410. The summed E-state index contributed by atoms with van der Waals surface area (Å²) in [4.78, 5) is 37.7. The predicted octanol–water partition coefficient (Wildman–Crippen LogP) is 6.89. The predicted molar refractivity (Wildman–Crippen MR) is 154 cm³/mol. The minimum absolute atomic E-state index is 0.167. The van der Waals surface area contributed by atoms with Gasteiger partial charge in [0.2, 0.25) is 0 Å². The second-order valence-electron chi connectivity index (χ2n) is 9.28. The average molecular weight is 547 g/mol. The molecule has 0 bridgehead atoms. The van der Waals surface area contributed by atoms with Gasteiger partial charge in [-0.2, -0.15) is 4.98 Å². The van der Waals surface area contributed by atoms with E-state index in [1.807, 2.05) is 22.9 Å². The lowest BCUT2D eigenvalue weighted by Crippen LogP contribution is -2.19. The number of carbonyl (C=O) groups excluding carboxylic acids is 1. The third kappa shape index (κ3) is 8.10. The van der Waals surface area contributed by atoms with Crippen molar-refractivity contribution in [2.24, 2.45) is 0 Å². The van der Waals surface area contributed by atoms with Crippen LogP contribution in [0.2, 0.25) is 5.02 Å². The SMILES string of the molecule is Cc1cccc(-n2cc(Cc3cncnc3)c(=O)nc2SCCCCCCCC(=O)c2ccc(Cl)cc2)c1. The fourth-order valence-electron chi connectivity index (χ4n) is 4.17. The Hall–Kier alpha value is -3.29. The number of Topliss-reactive ketones (excluding diaryl/α,β-unsaturated/α-hetero) is 1. The molecule has 2 aromatic carbocycles. The van der Waals surface area contributed by atoms with Gasteiger partial charge in [0.15, 0.2) is 10.9 Å². The van der Waals surface area contributed by atoms with Crippen LogP contribution in [0.1, 0.15) is 65.6 Å². The zero-order chi connectivity index (χ0) is 26.7. The molecule has 0 radical (unpaired) electrons. The van der Waals surface area contributed by atoms with E-state index < -0.39 is 0 Å². The standard InChI is InChI=1S/C30H31ClN4O2S/c1-22-8-7-9-27(16-22)35-20-25(17-23-18-32-21-33-19-23)29(37)34-30(35)38-15-6-4-2-3-5-10-28(36)24-11-13-26(31)14-12-24/h7-9,11-14,16,18-21H,2-6,10,15,17H2,1H3. The van der Waals surface area contributed by atoms with Crippen molar-refractivity contribution in [1.29, 1.82) is 0 Å². The van der Waals surface area contributed by atoms with Crippen LogP contribution in [-0.4, -0.2) is 31.1 Å². The summed E-state index contributed by atoms with van der Waals surface area (Å²) in [5.74, 6) is 1.04. The number of benzene rings is 2. The highest BCUT2D eigenvalue weighted by Crippen LogP contribution is 2.23. The fourth-order valence-corrected chi connectivity index (χ4v) is 5.27. The van der Waals surface area contributed by atoms with E-state index in [0.717, 1.165) is 60.2 Å². The molecule has 0 fully saturated rings. The summed E-state index contributed by atoms with van der Waals surface area (Å²) in [6.45, 7) is 2.05. The summed E-state index contributed by atoms with van der Waals surface area (Å²) in [7, 11) is 0. The highest BCUT2D eigenvalue weighted by Gasteiger charge is 2.12. The van der Waals surface area contributed by atoms with Gasteiger partial charge in [0.05, 0.1) is 0 Å². The first-order chi connectivity index (χ1) is 18.5. The quantitative estimate of drug-likeness (QED) is 0.0786. The molecule has 4 aromatic rings. The number of hydrogen-bond acceptors (Lipinski definition) is 6. The Morgan fingerprint density at radius 3 is 2.47 bits per heavy atom. The summed E-state index contributed by atoms with van der Waals surface area (Å²) >= 11 is 7.50. The monoisotopic (exact) mass is 546 g/mol. The average Bonchev–Trinajstić information content (AvgIpc) is 2.92. The first kappa shape index (κ1) is 27.7. The molecule has 0 saturated heterocycles. The van der Waals surface area contributed by atoms with E-state index in [4.69, 9.17) is 11.6 Å². The van der Waals surface area contributed by atoms with Gasteiger partial charge in [0, 0.05) is 59.0 Å². The Kier molecular flexibility index (Phi) is 10.2. The summed E-state index contributed by atoms with van der Waals surface area (Å²) in [6.07, 6.45) is 12.9. The van der Waals surface area contributed by atoms with Crippen molar-refractivity contribution in [2.75, 3.05) is 5.75 Å². The van der Waals surface area contributed by atoms with E-state index in [1.54, 1.807) is 48.4 Å². The van der Waals surface area contributed by atoms with Crippen LogP contribution in [-0.2, 0) is 6.42 Å². The zero-order valence-corrected chi connectivity index (χ0v) is 23.0. The van der Waals surface area contributed by atoms with E-state index in [9.17, 15) is 9.59 Å². The molecule has 0 aliphatic rings. The molecule has 196 valence electrons. The van der Waals surface area contributed by atoms with Gasteiger partial charge in [-0.05, 0) is 67.3 Å². The normalized spacial score (nSPS) is 11.0. The maximum Gasteiger partial charge on any atom is 0.277 e. The van der Waals surface area contributed by atoms with Crippen LogP contribution in [0.3, 0.4) is 0 Å². The van der Waals surface area contributed by atoms with Crippen molar-refractivity contribution in [3.8, 4) is 5.69 Å². The second kappa shape index (κ2) is 14.0. The number of rotatable bonds is 13. The van der Waals surface area contributed by atoms with E-state index >= 15 is 0 Å². The lowest BCUT2D eigenvalue weighted by Gasteiger charge is -2.14. The Morgan fingerprint density at radius 2 is 1.71 bits per heavy atom. The van der Waals surface area contributed by atoms with Gasteiger partial charge in [-0.1, -0.05) is 54.8 Å². The summed E-state index contributed by atoms with van der Waals surface area (Å²) < 4.78 is 2.01. The number of ketones is 1. The topological polar surface area (TPSA) is 77.7 Å².